The summed E-state index contributed by atoms with van der Waals surface area (Å²) in [5.74, 6) is 2.51. The average Bonchev–Trinajstić information content (AvgIpc) is 2.83. The lowest BCUT2D eigenvalue weighted by Gasteiger charge is -2.16. The van der Waals surface area contributed by atoms with Crippen molar-refractivity contribution in [3.05, 3.63) is 5.82 Å². The smallest absolute Gasteiger partial charge is 0.176 e. The Bertz CT molecular complexity index is 335. The largest absolute Gasteiger partial charge is 0.313 e. The third-order valence-electron chi connectivity index (χ3n) is 3.30. The lowest BCUT2D eigenvalue weighted by molar-refractivity contribution is 0.435. The number of aromatic nitrogens is 4. The third-order valence-corrected chi connectivity index (χ3v) is 3.30. The molecule has 0 amide bonds. The van der Waals surface area contributed by atoms with Gasteiger partial charge in [-0.05, 0) is 36.4 Å². The molecule has 0 saturated heterocycles. The Labute approximate surface area is 96.6 Å². The molecule has 1 heterocycles. The monoisotopic (exact) mass is 223 g/mol. The predicted octanol–water partition coefficient (Wildman–Crippen LogP) is 0.777. The third kappa shape index (κ3) is 2.78. The van der Waals surface area contributed by atoms with Crippen molar-refractivity contribution in [2.24, 2.45) is 18.9 Å². The molecule has 1 saturated carbocycles. The first-order valence-corrected chi connectivity index (χ1v) is 6.17. The van der Waals surface area contributed by atoms with Gasteiger partial charge in [-0.3, -0.25) is 0 Å². The van der Waals surface area contributed by atoms with Crippen LogP contribution in [0.1, 0.15) is 32.5 Å². The van der Waals surface area contributed by atoms with Crippen molar-refractivity contribution in [2.45, 2.75) is 39.2 Å². The van der Waals surface area contributed by atoms with E-state index in [2.05, 4.69) is 34.6 Å². The van der Waals surface area contributed by atoms with Gasteiger partial charge in [-0.1, -0.05) is 13.8 Å². The van der Waals surface area contributed by atoms with Gasteiger partial charge in [-0.15, -0.1) is 10.2 Å². The van der Waals surface area contributed by atoms with Crippen molar-refractivity contribution in [3.8, 4) is 0 Å². The second kappa shape index (κ2) is 4.91. The molecule has 5 heteroatoms. The van der Waals surface area contributed by atoms with E-state index >= 15 is 0 Å². The van der Waals surface area contributed by atoms with Gasteiger partial charge in [0, 0.05) is 12.5 Å². The van der Waals surface area contributed by atoms with Crippen LogP contribution in [0, 0.1) is 11.8 Å². The van der Waals surface area contributed by atoms with Gasteiger partial charge in [0.1, 0.15) is 0 Å². The highest BCUT2D eigenvalue weighted by Gasteiger charge is 2.39. The van der Waals surface area contributed by atoms with E-state index in [1.54, 1.807) is 0 Å². The maximum atomic E-state index is 4.25. The first kappa shape index (κ1) is 11.5. The van der Waals surface area contributed by atoms with Crippen LogP contribution in [0.25, 0.3) is 0 Å². The van der Waals surface area contributed by atoms with Crippen molar-refractivity contribution in [1.29, 1.82) is 0 Å². The Hall–Kier alpha value is -0.970. The normalized spacial score (nSPS) is 25.7. The number of nitrogens with zero attached hydrogens (tertiary/aromatic N) is 4. The van der Waals surface area contributed by atoms with Crippen molar-refractivity contribution in [3.63, 3.8) is 0 Å². The highest BCUT2D eigenvalue weighted by molar-refractivity contribution is 4.97. The molecule has 1 aliphatic carbocycles. The first-order chi connectivity index (χ1) is 7.70. The van der Waals surface area contributed by atoms with Gasteiger partial charge in [0.25, 0.3) is 0 Å². The average molecular weight is 223 g/mol. The number of aryl methyl sites for hydroxylation is 1. The van der Waals surface area contributed by atoms with Crippen molar-refractivity contribution in [2.75, 3.05) is 6.54 Å². The van der Waals surface area contributed by atoms with E-state index in [-0.39, 0.29) is 0 Å². The molecule has 5 nitrogen and oxygen atoms in total. The summed E-state index contributed by atoms with van der Waals surface area (Å²) in [6, 6.07) is 0.527. The molecule has 1 aromatic heterocycles. The van der Waals surface area contributed by atoms with Gasteiger partial charge in [0.2, 0.25) is 0 Å². The number of rotatable bonds is 6. The van der Waals surface area contributed by atoms with E-state index in [1.807, 2.05) is 7.05 Å². The van der Waals surface area contributed by atoms with E-state index in [0.29, 0.717) is 6.04 Å². The predicted molar refractivity (Wildman–Crippen MR) is 61.9 cm³/mol. The molecule has 1 aromatic rings. The van der Waals surface area contributed by atoms with Crippen LogP contribution in [0.15, 0.2) is 0 Å². The summed E-state index contributed by atoms with van der Waals surface area (Å²) in [4.78, 5) is 1.53. The standard InChI is InChI=1S/C11H21N5/c1-4-5-12-10(9-6-8(9)2)7-11-13-15-16(3)14-11/h8-10,12H,4-7H2,1-3H3. The van der Waals surface area contributed by atoms with Gasteiger partial charge in [0.15, 0.2) is 5.82 Å². The number of hydrogen-bond donors (Lipinski definition) is 1. The van der Waals surface area contributed by atoms with E-state index in [4.69, 9.17) is 0 Å². The van der Waals surface area contributed by atoms with E-state index in [0.717, 1.165) is 30.6 Å². The molecule has 3 atom stereocenters. The maximum Gasteiger partial charge on any atom is 0.176 e. The maximum absolute atomic E-state index is 4.25. The van der Waals surface area contributed by atoms with Crippen LogP contribution in [0.4, 0.5) is 0 Å². The van der Waals surface area contributed by atoms with E-state index in [1.165, 1.54) is 17.6 Å². The minimum Gasteiger partial charge on any atom is -0.313 e. The van der Waals surface area contributed by atoms with Crippen molar-refractivity contribution >= 4 is 0 Å². The topological polar surface area (TPSA) is 55.6 Å². The van der Waals surface area contributed by atoms with Crippen molar-refractivity contribution < 1.29 is 0 Å². The van der Waals surface area contributed by atoms with Crippen LogP contribution in [0.2, 0.25) is 0 Å². The van der Waals surface area contributed by atoms with E-state index < -0.39 is 0 Å². The summed E-state index contributed by atoms with van der Waals surface area (Å²) in [7, 11) is 1.81. The Kier molecular flexibility index (Phi) is 3.53. The van der Waals surface area contributed by atoms with Crippen LogP contribution in [-0.2, 0) is 13.5 Å². The molecule has 3 unspecified atom stereocenters. The number of nitrogens with one attached hydrogen (secondary N) is 1. The van der Waals surface area contributed by atoms with E-state index in [9.17, 15) is 0 Å². The summed E-state index contributed by atoms with van der Waals surface area (Å²) in [5, 5.41) is 15.8. The highest BCUT2D eigenvalue weighted by atomic mass is 15.6. The Morgan fingerprint density at radius 3 is 2.81 bits per heavy atom. The molecule has 0 bridgehead atoms. The Balaban J connectivity index is 1.91. The SMILES string of the molecule is CCCNC(Cc1nnn(C)n1)C1CC1C. The summed E-state index contributed by atoms with van der Waals surface area (Å²) < 4.78 is 0. The number of tetrazole rings is 1. The molecule has 0 aromatic carbocycles. The minimum absolute atomic E-state index is 0.527. The fourth-order valence-corrected chi connectivity index (χ4v) is 2.22. The minimum atomic E-state index is 0.527. The fourth-order valence-electron chi connectivity index (χ4n) is 2.22. The van der Waals surface area contributed by atoms with Gasteiger partial charge in [0.05, 0.1) is 7.05 Å². The molecular weight excluding hydrogens is 202 g/mol. The zero-order valence-corrected chi connectivity index (χ0v) is 10.3. The highest BCUT2D eigenvalue weighted by Crippen LogP contribution is 2.41. The lowest BCUT2D eigenvalue weighted by Crippen LogP contribution is -2.34. The zero-order valence-electron chi connectivity index (χ0n) is 10.3. The van der Waals surface area contributed by atoms with Gasteiger partial charge < -0.3 is 5.32 Å². The molecular formula is C11H21N5. The van der Waals surface area contributed by atoms with Crippen LogP contribution >= 0.6 is 0 Å². The Morgan fingerprint density at radius 1 is 1.56 bits per heavy atom. The first-order valence-electron chi connectivity index (χ1n) is 6.17. The van der Waals surface area contributed by atoms with Gasteiger partial charge >= 0.3 is 0 Å². The zero-order chi connectivity index (χ0) is 11.5. The summed E-state index contributed by atoms with van der Waals surface area (Å²) in [5.41, 5.74) is 0. The van der Waals surface area contributed by atoms with Gasteiger partial charge in [-0.2, -0.15) is 4.80 Å². The lowest BCUT2D eigenvalue weighted by atomic mass is 10.1. The van der Waals surface area contributed by atoms with Crippen LogP contribution in [0.3, 0.4) is 0 Å². The summed E-state index contributed by atoms with van der Waals surface area (Å²) in [6.45, 7) is 5.59. The second-order valence-electron chi connectivity index (χ2n) is 4.84. The molecule has 1 aliphatic rings. The van der Waals surface area contributed by atoms with Gasteiger partial charge in [-0.25, -0.2) is 0 Å². The molecule has 0 radical (unpaired) electrons. The van der Waals surface area contributed by atoms with Crippen LogP contribution in [-0.4, -0.2) is 32.8 Å². The van der Waals surface area contributed by atoms with Crippen LogP contribution < -0.4 is 5.32 Å². The summed E-state index contributed by atoms with van der Waals surface area (Å²) in [6.07, 6.45) is 3.41. The molecule has 0 spiro atoms. The fraction of sp³-hybridized carbons (Fsp3) is 0.909. The quantitative estimate of drug-likeness (QED) is 0.774. The number of hydrogen-bond acceptors (Lipinski definition) is 4. The summed E-state index contributed by atoms with van der Waals surface area (Å²) >= 11 is 0. The molecule has 90 valence electrons. The molecule has 0 aliphatic heterocycles. The second-order valence-corrected chi connectivity index (χ2v) is 4.84. The van der Waals surface area contributed by atoms with Crippen molar-refractivity contribution in [1.82, 2.24) is 25.5 Å². The Morgan fingerprint density at radius 2 is 2.31 bits per heavy atom. The molecule has 1 N–H and O–H groups in total. The molecule has 1 fully saturated rings. The van der Waals surface area contributed by atoms with Crippen LogP contribution in [0.5, 0.6) is 0 Å². The molecule has 2 rings (SSSR count). The molecule has 16 heavy (non-hydrogen) atoms.